The number of benzene rings is 1. The van der Waals surface area contributed by atoms with Gasteiger partial charge in [0.1, 0.15) is 0 Å². The molecule has 0 amide bonds. The number of nitriles is 1. The van der Waals surface area contributed by atoms with Gasteiger partial charge in [-0.05, 0) is 18.1 Å². The average molecular weight is 279 g/mol. The Kier molecular flexibility index (Phi) is 6.55. The van der Waals surface area contributed by atoms with Gasteiger partial charge in [0.05, 0.1) is 17.6 Å². The molecule has 0 aliphatic heterocycles. The zero-order chi connectivity index (χ0) is 14.3. The van der Waals surface area contributed by atoms with E-state index in [4.69, 9.17) is 16.9 Å². The molecule has 0 N–H and O–H groups in total. The monoisotopic (exact) mass is 278 g/mol. The molecule has 1 rings (SSSR count). The lowest BCUT2D eigenvalue weighted by Gasteiger charge is -2.22. The number of hydrogen-bond acceptors (Lipinski definition) is 3. The van der Waals surface area contributed by atoms with Crippen LogP contribution in [0.1, 0.15) is 30.6 Å². The molecule has 0 spiro atoms. The molecule has 1 aromatic rings. The molecule has 3 nitrogen and oxygen atoms in total. The van der Waals surface area contributed by atoms with Crippen molar-refractivity contribution in [3.63, 3.8) is 0 Å². The second-order valence-corrected chi connectivity index (χ2v) is 5.35. The number of ketones is 1. The van der Waals surface area contributed by atoms with Crippen molar-refractivity contribution >= 4 is 17.4 Å². The fourth-order valence-corrected chi connectivity index (χ4v) is 2.18. The maximum atomic E-state index is 12.2. The van der Waals surface area contributed by atoms with Crippen molar-refractivity contribution in [1.82, 2.24) is 4.90 Å². The van der Waals surface area contributed by atoms with E-state index in [2.05, 4.69) is 19.9 Å². The number of hydrogen-bond donors (Lipinski definition) is 0. The molecule has 0 atom stereocenters. The van der Waals surface area contributed by atoms with Gasteiger partial charge in [-0.2, -0.15) is 5.26 Å². The molecule has 102 valence electrons. The fourth-order valence-electron chi connectivity index (χ4n) is 1.94. The Morgan fingerprint density at radius 3 is 2.68 bits per heavy atom. The Labute approximate surface area is 119 Å². The largest absolute Gasteiger partial charge is 0.295 e. The predicted octanol–water partition coefficient (Wildman–Crippen LogP) is 3.39. The SMILES string of the molecule is CC(C)CN(CCC#N)CC(=O)c1ccccc1Cl. The van der Waals surface area contributed by atoms with E-state index in [9.17, 15) is 4.79 Å². The van der Waals surface area contributed by atoms with Crippen molar-refractivity contribution in [3.8, 4) is 6.07 Å². The van der Waals surface area contributed by atoms with Gasteiger partial charge in [-0.1, -0.05) is 37.6 Å². The summed E-state index contributed by atoms with van der Waals surface area (Å²) in [6.07, 6.45) is 0.433. The minimum absolute atomic E-state index is 0.00388. The van der Waals surface area contributed by atoms with Crippen LogP contribution in [0.25, 0.3) is 0 Å². The molecule has 0 fully saturated rings. The van der Waals surface area contributed by atoms with Crippen LogP contribution < -0.4 is 0 Å². The molecule has 0 heterocycles. The summed E-state index contributed by atoms with van der Waals surface area (Å²) in [6, 6.07) is 9.19. The summed E-state index contributed by atoms with van der Waals surface area (Å²) >= 11 is 6.02. The lowest BCUT2D eigenvalue weighted by molar-refractivity contribution is 0.0924. The van der Waals surface area contributed by atoms with Crippen LogP contribution in [-0.2, 0) is 0 Å². The van der Waals surface area contributed by atoms with Crippen LogP contribution in [0, 0.1) is 17.2 Å². The van der Waals surface area contributed by atoms with Crippen molar-refractivity contribution < 1.29 is 4.79 Å². The Bertz CT molecular complexity index is 465. The third-order valence-corrected chi connectivity index (χ3v) is 3.03. The number of nitrogens with zero attached hydrogens (tertiary/aromatic N) is 2. The molecule has 0 aliphatic rings. The van der Waals surface area contributed by atoms with Gasteiger partial charge in [0.2, 0.25) is 0 Å². The average Bonchev–Trinajstić information content (AvgIpc) is 2.35. The van der Waals surface area contributed by atoms with E-state index in [-0.39, 0.29) is 5.78 Å². The van der Waals surface area contributed by atoms with Gasteiger partial charge >= 0.3 is 0 Å². The summed E-state index contributed by atoms with van der Waals surface area (Å²) in [4.78, 5) is 14.2. The summed E-state index contributed by atoms with van der Waals surface area (Å²) in [5.74, 6) is 0.460. The van der Waals surface area contributed by atoms with E-state index in [0.717, 1.165) is 6.54 Å². The highest BCUT2D eigenvalue weighted by molar-refractivity contribution is 6.34. The molecule has 0 saturated carbocycles. The quantitative estimate of drug-likeness (QED) is 0.718. The van der Waals surface area contributed by atoms with Crippen LogP contribution in [0.15, 0.2) is 24.3 Å². The second kappa shape index (κ2) is 7.93. The van der Waals surface area contributed by atoms with Gasteiger partial charge in [-0.25, -0.2) is 0 Å². The van der Waals surface area contributed by atoms with Crippen molar-refractivity contribution in [3.05, 3.63) is 34.9 Å². The molecule has 0 unspecified atom stereocenters. The summed E-state index contributed by atoms with van der Waals surface area (Å²) in [7, 11) is 0. The smallest absolute Gasteiger partial charge is 0.178 e. The van der Waals surface area contributed by atoms with Gasteiger partial charge in [0.15, 0.2) is 5.78 Å². The first kappa shape index (κ1) is 15.7. The van der Waals surface area contributed by atoms with Crippen LogP contribution in [0.5, 0.6) is 0 Å². The molecule has 19 heavy (non-hydrogen) atoms. The summed E-state index contributed by atoms with van der Waals surface area (Å²) < 4.78 is 0. The van der Waals surface area contributed by atoms with Gasteiger partial charge in [0, 0.05) is 25.1 Å². The van der Waals surface area contributed by atoms with Crippen LogP contribution in [0.3, 0.4) is 0 Å². The normalized spacial score (nSPS) is 10.7. The van der Waals surface area contributed by atoms with Gasteiger partial charge in [-0.3, -0.25) is 9.69 Å². The van der Waals surface area contributed by atoms with Crippen LogP contribution in [0.4, 0.5) is 0 Å². The first-order valence-electron chi connectivity index (χ1n) is 6.41. The molecule has 0 bridgehead atoms. The zero-order valence-electron chi connectivity index (χ0n) is 11.4. The van der Waals surface area contributed by atoms with E-state index in [1.807, 2.05) is 4.90 Å². The zero-order valence-corrected chi connectivity index (χ0v) is 12.2. The van der Waals surface area contributed by atoms with E-state index in [1.54, 1.807) is 24.3 Å². The first-order chi connectivity index (χ1) is 9.04. The Hall–Kier alpha value is -1.37. The summed E-state index contributed by atoms with van der Waals surface area (Å²) in [5.41, 5.74) is 0.551. The minimum atomic E-state index is 0.00388. The molecule has 4 heteroatoms. The molecular formula is C15H19ClN2O. The predicted molar refractivity (Wildman–Crippen MR) is 77.3 cm³/mol. The highest BCUT2D eigenvalue weighted by atomic mass is 35.5. The van der Waals surface area contributed by atoms with Gasteiger partial charge in [0.25, 0.3) is 0 Å². The third-order valence-electron chi connectivity index (χ3n) is 2.70. The topological polar surface area (TPSA) is 44.1 Å². The highest BCUT2D eigenvalue weighted by Crippen LogP contribution is 2.16. The third kappa shape index (κ3) is 5.42. The lowest BCUT2D eigenvalue weighted by Crippen LogP contribution is -2.34. The molecule has 0 saturated heterocycles. The Balaban J connectivity index is 2.70. The summed E-state index contributed by atoms with van der Waals surface area (Å²) in [5, 5.41) is 9.15. The molecule has 1 aromatic carbocycles. The number of carbonyl (C=O) groups is 1. The van der Waals surface area contributed by atoms with Gasteiger partial charge in [-0.15, -0.1) is 0 Å². The van der Waals surface area contributed by atoms with E-state index < -0.39 is 0 Å². The van der Waals surface area contributed by atoms with Crippen LogP contribution >= 0.6 is 11.6 Å². The van der Waals surface area contributed by atoms with Crippen molar-refractivity contribution in [2.24, 2.45) is 5.92 Å². The van der Waals surface area contributed by atoms with E-state index >= 15 is 0 Å². The highest BCUT2D eigenvalue weighted by Gasteiger charge is 2.15. The number of Topliss-reactive ketones (excluding diaryl/α,β-unsaturated/α-hetero) is 1. The molecule has 0 radical (unpaired) electrons. The van der Waals surface area contributed by atoms with E-state index in [1.165, 1.54) is 0 Å². The number of halogens is 1. The van der Waals surface area contributed by atoms with Crippen molar-refractivity contribution in [2.75, 3.05) is 19.6 Å². The molecular weight excluding hydrogens is 260 g/mol. The Morgan fingerprint density at radius 2 is 2.11 bits per heavy atom. The Morgan fingerprint density at radius 1 is 1.42 bits per heavy atom. The van der Waals surface area contributed by atoms with E-state index in [0.29, 0.717) is 36.0 Å². The second-order valence-electron chi connectivity index (χ2n) is 4.94. The number of rotatable bonds is 7. The molecule has 0 aromatic heterocycles. The fraction of sp³-hybridized carbons (Fsp3) is 0.467. The number of carbonyl (C=O) groups excluding carboxylic acids is 1. The maximum absolute atomic E-state index is 12.2. The maximum Gasteiger partial charge on any atom is 0.178 e. The van der Waals surface area contributed by atoms with Crippen molar-refractivity contribution in [1.29, 1.82) is 5.26 Å². The van der Waals surface area contributed by atoms with Crippen LogP contribution in [0.2, 0.25) is 5.02 Å². The first-order valence-corrected chi connectivity index (χ1v) is 6.79. The van der Waals surface area contributed by atoms with Gasteiger partial charge < -0.3 is 0 Å². The molecule has 0 aliphatic carbocycles. The standard InChI is InChI=1S/C15H19ClN2O/c1-12(2)10-18(9-5-8-17)11-15(19)13-6-3-4-7-14(13)16/h3-4,6-7,12H,5,9-11H2,1-2H3. The van der Waals surface area contributed by atoms with Crippen LogP contribution in [-0.4, -0.2) is 30.3 Å². The van der Waals surface area contributed by atoms with Crippen molar-refractivity contribution in [2.45, 2.75) is 20.3 Å². The lowest BCUT2D eigenvalue weighted by atomic mass is 10.1. The minimum Gasteiger partial charge on any atom is -0.295 e. The summed E-state index contributed by atoms with van der Waals surface area (Å²) in [6.45, 7) is 5.92.